The van der Waals surface area contributed by atoms with Gasteiger partial charge in [-0.05, 0) is 56.5 Å². The van der Waals surface area contributed by atoms with E-state index < -0.39 is 0 Å². The maximum Gasteiger partial charge on any atom is 0.274 e. The number of hydrogen-bond acceptors (Lipinski definition) is 3. The van der Waals surface area contributed by atoms with Gasteiger partial charge in [-0.1, -0.05) is 36.3 Å². The molecule has 4 nitrogen and oxygen atoms in total. The van der Waals surface area contributed by atoms with Crippen LogP contribution < -0.4 is 10.1 Å². The van der Waals surface area contributed by atoms with Crippen LogP contribution in [0.1, 0.15) is 48.7 Å². The molecule has 3 heterocycles. The summed E-state index contributed by atoms with van der Waals surface area (Å²) in [5.41, 5.74) is 5.51. The Kier molecular flexibility index (Phi) is 3.54. The summed E-state index contributed by atoms with van der Waals surface area (Å²) >= 11 is 1.48. The molecule has 5 heteroatoms. The van der Waals surface area contributed by atoms with E-state index >= 15 is 0 Å². The number of thiazole rings is 1. The average Bonchev–Trinajstić information content (AvgIpc) is 3.36. The molecule has 132 valence electrons. The third kappa shape index (κ3) is 2.27. The lowest BCUT2D eigenvalue weighted by molar-refractivity contribution is 0.500. The van der Waals surface area contributed by atoms with Gasteiger partial charge in [0.2, 0.25) is 0 Å². The Morgan fingerprint density at radius 1 is 1.19 bits per heavy atom. The third-order valence-corrected chi connectivity index (χ3v) is 6.61. The zero-order valence-electron chi connectivity index (χ0n) is 15.0. The van der Waals surface area contributed by atoms with Crippen LogP contribution in [0.4, 0.5) is 0 Å². The molecule has 0 aliphatic heterocycles. The van der Waals surface area contributed by atoms with E-state index in [9.17, 15) is 4.79 Å². The van der Waals surface area contributed by atoms with E-state index in [1.165, 1.54) is 48.4 Å². The van der Waals surface area contributed by atoms with Gasteiger partial charge in [0.25, 0.3) is 5.56 Å². The Balaban J connectivity index is 1.68. The summed E-state index contributed by atoms with van der Waals surface area (Å²) in [6.45, 7) is 4.35. The first-order valence-corrected chi connectivity index (χ1v) is 10.1. The summed E-state index contributed by atoms with van der Waals surface area (Å²) in [7, 11) is 0. The van der Waals surface area contributed by atoms with E-state index in [4.69, 9.17) is 0 Å². The largest absolute Gasteiger partial charge is 0.346 e. The standard InChI is InChI=1S/C21H21N3OS/c1-13-11-15(14(2)23(13)16-7-3-4-8-16)12-19-20(25)24-18-10-6-5-9-17(18)22-21(24)26-19/h5-6,9-12,16H,3-4,7-8H2,1-2H3. The fraction of sp³-hybridized carbons (Fsp3) is 0.333. The van der Waals surface area contributed by atoms with Crippen molar-refractivity contribution in [2.45, 2.75) is 45.6 Å². The highest BCUT2D eigenvalue weighted by Crippen LogP contribution is 2.33. The molecule has 0 atom stereocenters. The monoisotopic (exact) mass is 363 g/mol. The maximum absolute atomic E-state index is 13.0. The molecule has 1 aliphatic carbocycles. The van der Waals surface area contributed by atoms with Gasteiger partial charge < -0.3 is 4.57 Å². The van der Waals surface area contributed by atoms with Gasteiger partial charge in [-0.3, -0.25) is 4.79 Å². The van der Waals surface area contributed by atoms with Crippen LogP contribution in [0, 0.1) is 13.8 Å². The van der Waals surface area contributed by atoms with Crippen molar-refractivity contribution < 1.29 is 0 Å². The predicted molar refractivity (Wildman–Crippen MR) is 107 cm³/mol. The predicted octanol–water partition coefficient (Wildman–Crippen LogP) is 3.99. The Morgan fingerprint density at radius 3 is 2.77 bits per heavy atom. The van der Waals surface area contributed by atoms with E-state index in [1.54, 1.807) is 4.40 Å². The molecule has 0 bridgehead atoms. The van der Waals surface area contributed by atoms with Gasteiger partial charge in [-0.25, -0.2) is 9.38 Å². The van der Waals surface area contributed by atoms with Crippen molar-refractivity contribution in [3.05, 3.63) is 62.2 Å². The van der Waals surface area contributed by atoms with Crippen LogP contribution in [0.2, 0.25) is 0 Å². The van der Waals surface area contributed by atoms with E-state index in [0.29, 0.717) is 6.04 Å². The highest BCUT2D eigenvalue weighted by molar-refractivity contribution is 7.15. The zero-order chi connectivity index (χ0) is 17.8. The second kappa shape index (κ2) is 5.81. The van der Waals surface area contributed by atoms with Crippen LogP contribution in [-0.4, -0.2) is 14.0 Å². The molecular weight excluding hydrogens is 342 g/mol. The molecule has 0 unspecified atom stereocenters. The topological polar surface area (TPSA) is 39.3 Å². The quantitative estimate of drug-likeness (QED) is 0.540. The summed E-state index contributed by atoms with van der Waals surface area (Å²) < 4.78 is 4.96. The minimum absolute atomic E-state index is 0.0318. The molecule has 4 aromatic rings. The molecule has 1 fully saturated rings. The van der Waals surface area contributed by atoms with Gasteiger partial charge in [0, 0.05) is 17.4 Å². The van der Waals surface area contributed by atoms with E-state index in [1.807, 2.05) is 30.3 Å². The Bertz CT molecular complexity index is 1240. The van der Waals surface area contributed by atoms with Crippen LogP contribution in [0.5, 0.6) is 0 Å². The first kappa shape index (κ1) is 15.8. The number of aromatic nitrogens is 3. The highest BCUT2D eigenvalue weighted by atomic mass is 32.1. The molecule has 0 spiro atoms. The van der Waals surface area contributed by atoms with Crippen molar-refractivity contribution in [1.82, 2.24) is 14.0 Å². The van der Waals surface area contributed by atoms with Crippen LogP contribution in [0.25, 0.3) is 22.1 Å². The molecule has 0 saturated heterocycles. The summed E-state index contributed by atoms with van der Waals surface area (Å²) in [5, 5.41) is 0. The lowest BCUT2D eigenvalue weighted by Gasteiger charge is -2.17. The van der Waals surface area contributed by atoms with Gasteiger partial charge in [-0.2, -0.15) is 0 Å². The molecule has 3 aromatic heterocycles. The van der Waals surface area contributed by atoms with Gasteiger partial charge in [-0.15, -0.1) is 0 Å². The Labute approximate surface area is 155 Å². The summed E-state index contributed by atoms with van der Waals surface area (Å²) in [4.78, 5) is 18.3. The molecule has 26 heavy (non-hydrogen) atoms. The number of hydrogen-bond donors (Lipinski definition) is 0. The fourth-order valence-electron chi connectivity index (χ4n) is 4.43. The van der Waals surface area contributed by atoms with E-state index in [0.717, 1.165) is 26.1 Å². The van der Waals surface area contributed by atoms with Crippen LogP contribution in [-0.2, 0) is 0 Å². The number of rotatable bonds is 2. The number of aryl methyl sites for hydroxylation is 1. The van der Waals surface area contributed by atoms with Crippen molar-refractivity contribution in [3.8, 4) is 0 Å². The van der Waals surface area contributed by atoms with Crippen molar-refractivity contribution >= 4 is 33.4 Å². The number of fused-ring (bicyclic) bond motifs is 3. The van der Waals surface area contributed by atoms with E-state index in [-0.39, 0.29) is 5.56 Å². The molecule has 0 N–H and O–H groups in total. The molecule has 1 aromatic carbocycles. The van der Waals surface area contributed by atoms with Gasteiger partial charge in [0.05, 0.1) is 15.6 Å². The first-order chi connectivity index (χ1) is 12.6. The molecule has 1 saturated carbocycles. The molecule has 1 aliphatic rings. The van der Waals surface area contributed by atoms with Crippen molar-refractivity contribution in [2.24, 2.45) is 0 Å². The number of para-hydroxylation sites is 2. The number of imidazole rings is 1. The number of benzene rings is 1. The van der Waals surface area contributed by atoms with Crippen molar-refractivity contribution in [3.63, 3.8) is 0 Å². The van der Waals surface area contributed by atoms with Gasteiger partial charge >= 0.3 is 0 Å². The fourth-order valence-corrected chi connectivity index (χ4v) is 5.40. The molecule has 0 radical (unpaired) electrons. The smallest absolute Gasteiger partial charge is 0.274 e. The molecule has 5 rings (SSSR count). The van der Waals surface area contributed by atoms with Crippen molar-refractivity contribution in [1.29, 1.82) is 0 Å². The molecular formula is C21H21N3OS. The SMILES string of the molecule is Cc1cc(C=c2sc3nc4ccccc4n3c2=O)c(C)n1C1CCCC1. The molecule has 0 amide bonds. The van der Waals surface area contributed by atoms with Gasteiger partial charge in [0.1, 0.15) is 0 Å². The summed E-state index contributed by atoms with van der Waals surface area (Å²) in [6.07, 6.45) is 7.22. The van der Waals surface area contributed by atoms with Crippen LogP contribution in [0.3, 0.4) is 0 Å². The second-order valence-corrected chi connectivity index (χ2v) is 8.28. The Hall–Kier alpha value is -2.40. The maximum atomic E-state index is 13.0. The minimum Gasteiger partial charge on any atom is -0.346 e. The number of nitrogens with zero attached hydrogens (tertiary/aromatic N) is 3. The summed E-state index contributed by atoms with van der Waals surface area (Å²) in [6, 6.07) is 10.6. The Morgan fingerprint density at radius 2 is 1.96 bits per heavy atom. The lowest BCUT2D eigenvalue weighted by Crippen LogP contribution is -2.22. The van der Waals surface area contributed by atoms with Crippen LogP contribution >= 0.6 is 11.3 Å². The minimum atomic E-state index is 0.0318. The normalized spacial score (nSPS) is 16.5. The van der Waals surface area contributed by atoms with Gasteiger partial charge in [0.15, 0.2) is 4.96 Å². The van der Waals surface area contributed by atoms with Crippen molar-refractivity contribution in [2.75, 3.05) is 0 Å². The highest BCUT2D eigenvalue weighted by Gasteiger charge is 2.21. The summed E-state index contributed by atoms with van der Waals surface area (Å²) in [5.74, 6) is 0. The second-order valence-electron chi connectivity index (χ2n) is 7.27. The zero-order valence-corrected chi connectivity index (χ0v) is 15.8. The van der Waals surface area contributed by atoms with E-state index in [2.05, 4.69) is 29.5 Å². The third-order valence-electron chi connectivity index (χ3n) is 5.65. The average molecular weight is 363 g/mol. The first-order valence-electron chi connectivity index (χ1n) is 9.23. The van der Waals surface area contributed by atoms with Crippen LogP contribution in [0.15, 0.2) is 35.1 Å². The lowest BCUT2D eigenvalue weighted by atomic mass is 10.2.